The molecule has 0 fully saturated rings. The molecular weight excluding hydrogens is 356 g/mol. The normalized spacial score (nSPS) is 11.3. The zero-order valence-electron chi connectivity index (χ0n) is 9.34. The van der Waals surface area contributed by atoms with Crippen molar-refractivity contribution in [2.24, 2.45) is 0 Å². The highest BCUT2D eigenvalue weighted by Crippen LogP contribution is 2.32. The first-order valence-corrected chi connectivity index (χ1v) is 7.66. The highest BCUT2D eigenvalue weighted by Gasteiger charge is 2.17. The summed E-state index contributed by atoms with van der Waals surface area (Å²) in [5.41, 5.74) is 0.00692. The number of hydrogen-bond donors (Lipinski definition) is 2. The molecule has 2 N–H and O–H groups in total. The van der Waals surface area contributed by atoms with Crippen LogP contribution >= 0.6 is 27.5 Å². The summed E-state index contributed by atoms with van der Waals surface area (Å²) in [7, 11) is -3.84. The Morgan fingerprint density at radius 3 is 2.74 bits per heavy atom. The van der Waals surface area contributed by atoms with Crippen LogP contribution in [0.3, 0.4) is 0 Å². The van der Waals surface area contributed by atoms with Crippen LogP contribution in [0.5, 0.6) is 5.75 Å². The third kappa shape index (κ3) is 3.17. The predicted octanol–water partition coefficient (Wildman–Crippen LogP) is 3.00. The molecule has 0 atom stereocenters. The van der Waals surface area contributed by atoms with E-state index in [1.54, 1.807) is 0 Å². The Morgan fingerprint density at radius 2 is 2.05 bits per heavy atom. The van der Waals surface area contributed by atoms with Gasteiger partial charge in [0.2, 0.25) is 0 Å². The molecule has 8 heteroatoms. The van der Waals surface area contributed by atoms with Crippen LogP contribution in [-0.4, -0.2) is 18.5 Å². The van der Waals surface area contributed by atoms with Crippen molar-refractivity contribution >= 4 is 43.2 Å². The first-order chi connectivity index (χ1) is 8.90. The number of phenols is 1. The predicted molar refractivity (Wildman–Crippen MR) is 75.9 cm³/mol. The van der Waals surface area contributed by atoms with Gasteiger partial charge in [0.25, 0.3) is 10.0 Å². The van der Waals surface area contributed by atoms with Crippen LogP contribution in [0.2, 0.25) is 5.02 Å². The van der Waals surface area contributed by atoms with Gasteiger partial charge in [-0.05, 0) is 34.1 Å². The van der Waals surface area contributed by atoms with Crippen LogP contribution in [0.15, 0.2) is 46.0 Å². The molecule has 0 saturated heterocycles. The van der Waals surface area contributed by atoms with Crippen molar-refractivity contribution in [3.05, 3.63) is 46.2 Å². The summed E-state index contributed by atoms with van der Waals surface area (Å²) in [6.07, 6.45) is 2.67. The first-order valence-electron chi connectivity index (χ1n) is 5.01. The topological polar surface area (TPSA) is 79.3 Å². The van der Waals surface area contributed by atoms with Gasteiger partial charge in [-0.3, -0.25) is 9.71 Å². The lowest BCUT2D eigenvalue weighted by Gasteiger charge is -2.10. The summed E-state index contributed by atoms with van der Waals surface area (Å²) in [6, 6.07) is 5.79. The van der Waals surface area contributed by atoms with Gasteiger partial charge in [0.15, 0.2) is 5.75 Å². The number of para-hydroxylation sites is 1. The lowest BCUT2D eigenvalue weighted by Crippen LogP contribution is -2.13. The van der Waals surface area contributed by atoms with E-state index in [1.807, 2.05) is 0 Å². The van der Waals surface area contributed by atoms with Gasteiger partial charge in [-0.2, -0.15) is 0 Å². The first kappa shape index (κ1) is 14.1. The monoisotopic (exact) mass is 362 g/mol. The third-order valence-electron chi connectivity index (χ3n) is 2.22. The van der Waals surface area contributed by atoms with Gasteiger partial charge in [-0.1, -0.05) is 17.7 Å². The lowest BCUT2D eigenvalue weighted by molar-refractivity contribution is 0.478. The molecule has 1 aromatic heterocycles. The minimum atomic E-state index is -3.84. The maximum absolute atomic E-state index is 12.1. The molecule has 100 valence electrons. The number of sulfonamides is 1. The molecule has 2 rings (SSSR count). The average molecular weight is 364 g/mol. The fourth-order valence-electron chi connectivity index (χ4n) is 1.34. The highest BCUT2D eigenvalue weighted by molar-refractivity contribution is 9.10. The summed E-state index contributed by atoms with van der Waals surface area (Å²) in [4.78, 5) is 3.75. The fourth-order valence-corrected chi connectivity index (χ4v) is 3.09. The van der Waals surface area contributed by atoms with E-state index in [0.717, 1.165) is 0 Å². The number of rotatable bonds is 3. The number of aromatic nitrogens is 1. The Morgan fingerprint density at radius 1 is 1.32 bits per heavy atom. The van der Waals surface area contributed by atoms with Gasteiger partial charge >= 0.3 is 0 Å². The number of benzene rings is 1. The van der Waals surface area contributed by atoms with E-state index in [-0.39, 0.29) is 21.4 Å². The number of halogens is 2. The summed E-state index contributed by atoms with van der Waals surface area (Å²) in [5, 5.41) is 9.74. The van der Waals surface area contributed by atoms with Crippen molar-refractivity contribution < 1.29 is 13.5 Å². The molecular formula is C11H8BrClN2O3S. The Balaban J connectivity index is 2.39. The molecule has 5 nitrogen and oxygen atoms in total. The van der Waals surface area contributed by atoms with Crippen molar-refractivity contribution in [1.82, 2.24) is 4.98 Å². The number of pyridine rings is 1. The summed E-state index contributed by atoms with van der Waals surface area (Å²) in [6.45, 7) is 0. The number of hydrogen-bond acceptors (Lipinski definition) is 4. The molecule has 1 heterocycles. The van der Waals surface area contributed by atoms with E-state index in [1.165, 1.54) is 36.7 Å². The lowest BCUT2D eigenvalue weighted by atomic mass is 10.3. The molecule has 0 aliphatic carbocycles. The number of nitrogens with one attached hydrogen (secondary N) is 1. The smallest absolute Gasteiger partial charge is 0.263 e. The zero-order valence-corrected chi connectivity index (χ0v) is 12.5. The summed E-state index contributed by atoms with van der Waals surface area (Å²) >= 11 is 8.85. The molecule has 1 aromatic carbocycles. The second kappa shape index (κ2) is 5.36. The number of nitrogens with zero attached hydrogens (tertiary/aromatic N) is 1. The van der Waals surface area contributed by atoms with Crippen molar-refractivity contribution in [2.45, 2.75) is 4.90 Å². The van der Waals surface area contributed by atoms with Crippen molar-refractivity contribution in [3.63, 3.8) is 0 Å². The van der Waals surface area contributed by atoms with Crippen molar-refractivity contribution in [3.8, 4) is 5.75 Å². The van der Waals surface area contributed by atoms with Crippen LogP contribution in [0.4, 0.5) is 5.69 Å². The number of phenolic OH excluding ortho intramolecular Hbond substituents is 1. The van der Waals surface area contributed by atoms with Gasteiger partial charge in [0.1, 0.15) is 4.90 Å². The second-order valence-corrected chi connectivity index (χ2v) is 6.59. The minimum Gasteiger partial charge on any atom is -0.504 e. The van der Waals surface area contributed by atoms with E-state index in [4.69, 9.17) is 11.6 Å². The Hall–Kier alpha value is -1.31. The van der Waals surface area contributed by atoms with E-state index >= 15 is 0 Å². The molecule has 0 amide bonds. The van der Waals surface area contributed by atoms with Gasteiger partial charge in [-0.25, -0.2) is 8.42 Å². The molecule has 0 saturated carbocycles. The minimum absolute atomic E-state index is 0.00692. The van der Waals surface area contributed by atoms with Crippen molar-refractivity contribution in [1.29, 1.82) is 0 Å². The fraction of sp³-hybridized carbons (Fsp3) is 0. The van der Waals surface area contributed by atoms with Gasteiger partial charge in [0.05, 0.1) is 10.7 Å². The zero-order chi connectivity index (χ0) is 14.0. The second-order valence-electron chi connectivity index (χ2n) is 3.58. The SMILES string of the molecule is O=S(=O)(Nc1cccc(Cl)c1O)c1cncc(Br)c1. The van der Waals surface area contributed by atoms with Crippen LogP contribution in [0.1, 0.15) is 0 Å². The molecule has 0 bridgehead atoms. The van der Waals surface area contributed by atoms with Crippen molar-refractivity contribution in [2.75, 3.05) is 4.72 Å². The van der Waals surface area contributed by atoms with E-state index in [0.29, 0.717) is 4.47 Å². The Labute approximate surface area is 123 Å². The summed E-state index contributed by atoms with van der Waals surface area (Å²) in [5.74, 6) is -0.323. The maximum Gasteiger partial charge on any atom is 0.263 e. The van der Waals surface area contributed by atoms with Crippen LogP contribution in [0.25, 0.3) is 0 Å². The largest absolute Gasteiger partial charge is 0.504 e. The van der Waals surface area contributed by atoms with Gasteiger partial charge in [-0.15, -0.1) is 0 Å². The van der Waals surface area contributed by atoms with Crippen LogP contribution in [-0.2, 0) is 10.0 Å². The van der Waals surface area contributed by atoms with E-state index in [2.05, 4.69) is 25.6 Å². The Bertz CT molecular complexity index is 722. The number of anilines is 1. The third-order valence-corrected chi connectivity index (χ3v) is 4.29. The maximum atomic E-state index is 12.1. The Kier molecular flexibility index (Phi) is 3.98. The van der Waals surface area contributed by atoms with Gasteiger partial charge < -0.3 is 5.11 Å². The molecule has 0 aliphatic heterocycles. The van der Waals surface area contributed by atoms with Gasteiger partial charge in [0, 0.05) is 16.9 Å². The molecule has 2 aromatic rings. The molecule has 0 aliphatic rings. The summed E-state index contributed by atoms with van der Waals surface area (Å²) < 4.78 is 27.0. The quantitative estimate of drug-likeness (QED) is 0.822. The standard InChI is InChI=1S/C11H8BrClN2O3S/c12-7-4-8(6-14-5-7)19(17,18)15-10-3-1-2-9(13)11(10)16/h1-6,15-16H. The highest BCUT2D eigenvalue weighted by atomic mass is 79.9. The molecule has 0 unspecified atom stereocenters. The van der Waals surface area contributed by atoms with Crippen LogP contribution < -0.4 is 4.72 Å². The molecule has 19 heavy (non-hydrogen) atoms. The van der Waals surface area contributed by atoms with Crippen LogP contribution in [0, 0.1) is 0 Å². The van der Waals surface area contributed by atoms with E-state index < -0.39 is 10.0 Å². The average Bonchev–Trinajstić information content (AvgIpc) is 2.35. The van der Waals surface area contributed by atoms with E-state index in [9.17, 15) is 13.5 Å². The molecule has 0 radical (unpaired) electrons. The number of aromatic hydroxyl groups is 1. The molecule has 0 spiro atoms.